The van der Waals surface area contributed by atoms with Crippen molar-refractivity contribution in [1.29, 1.82) is 0 Å². The number of hydrogen-bond acceptors (Lipinski definition) is 6. The highest BCUT2D eigenvalue weighted by atomic mass is 15.3. The SMILES string of the molecule is CC(C)CN(CCN(C)C)c1nc(NN)cn2ccnc12. The van der Waals surface area contributed by atoms with E-state index < -0.39 is 0 Å². The molecule has 0 saturated heterocycles. The number of aromatic nitrogens is 3. The maximum atomic E-state index is 5.53. The van der Waals surface area contributed by atoms with E-state index in [-0.39, 0.29) is 0 Å². The summed E-state index contributed by atoms with van der Waals surface area (Å²) in [6.07, 6.45) is 5.52. The summed E-state index contributed by atoms with van der Waals surface area (Å²) in [5, 5.41) is 0. The lowest BCUT2D eigenvalue weighted by molar-refractivity contribution is 0.408. The molecule has 0 bridgehead atoms. The van der Waals surface area contributed by atoms with Crippen molar-refractivity contribution in [2.24, 2.45) is 11.8 Å². The summed E-state index contributed by atoms with van der Waals surface area (Å²) in [5.41, 5.74) is 3.48. The molecule has 2 aromatic rings. The Labute approximate surface area is 125 Å². The average molecular weight is 291 g/mol. The number of imidazole rings is 1. The molecule has 0 atom stereocenters. The van der Waals surface area contributed by atoms with Gasteiger partial charge in [-0.05, 0) is 20.0 Å². The van der Waals surface area contributed by atoms with Gasteiger partial charge in [-0.3, -0.25) is 0 Å². The van der Waals surface area contributed by atoms with Gasteiger partial charge in [-0.25, -0.2) is 15.8 Å². The molecular weight excluding hydrogens is 266 g/mol. The van der Waals surface area contributed by atoms with Crippen LogP contribution in [-0.4, -0.2) is 53.0 Å². The van der Waals surface area contributed by atoms with Crippen molar-refractivity contribution in [3.8, 4) is 0 Å². The molecule has 0 aliphatic heterocycles. The highest BCUT2D eigenvalue weighted by molar-refractivity contribution is 5.66. The molecule has 7 nitrogen and oxygen atoms in total. The van der Waals surface area contributed by atoms with Crippen molar-refractivity contribution in [2.45, 2.75) is 13.8 Å². The number of hydrogen-bond donors (Lipinski definition) is 2. The zero-order valence-corrected chi connectivity index (χ0v) is 13.2. The molecular formula is C14H25N7. The van der Waals surface area contributed by atoms with Crippen LogP contribution in [0.4, 0.5) is 11.6 Å². The number of rotatable bonds is 7. The average Bonchev–Trinajstić information content (AvgIpc) is 2.90. The van der Waals surface area contributed by atoms with E-state index in [9.17, 15) is 0 Å². The lowest BCUT2D eigenvalue weighted by Crippen LogP contribution is -2.35. The predicted octanol–water partition coefficient (Wildman–Crippen LogP) is 1.04. The summed E-state index contributed by atoms with van der Waals surface area (Å²) < 4.78 is 1.94. The highest BCUT2D eigenvalue weighted by Crippen LogP contribution is 2.21. The number of nitrogens with one attached hydrogen (secondary N) is 1. The smallest absolute Gasteiger partial charge is 0.180 e. The molecule has 0 radical (unpaired) electrons. The standard InChI is InChI=1S/C14H25N7/c1-11(2)9-21(8-7-19(3)4)14-13-16-5-6-20(13)10-12(17-14)18-15/h5-6,10-11,18H,7-9,15H2,1-4H3. The summed E-state index contributed by atoms with van der Waals surface area (Å²) >= 11 is 0. The van der Waals surface area contributed by atoms with Crippen LogP contribution in [0, 0.1) is 5.92 Å². The van der Waals surface area contributed by atoms with Gasteiger partial charge in [0, 0.05) is 32.0 Å². The second-order valence-corrected chi connectivity index (χ2v) is 5.90. The van der Waals surface area contributed by atoms with Gasteiger partial charge in [0.2, 0.25) is 0 Å². The van der Waals surface area contributed by atoms with E-state index in [1.165, 1.54) is 0 Å². The number of hydrazine groups is 1. The Kier molecular flexibility index (Phi) is 4.98. The van der Waals surface area contributed by atoms with Crippen molar-refractivity contribution >= 4 is 17.3 Å². The van der Waals surface area contributed by atoms with Crippen LogP contribution < -0.4 is 16.2 Å². The first-order valence-electron chi connectivity index (χ1n) is 7.21. The van der Waals surface area contributed by atoms with Crippen molar-refractivity contribution < 1.29 is 0 Å². The monoisotopic (exact) mass is 291 g/mol. The molecule has 0 aliphatic rings. The van der Waals surface area contributed by atoms with E-state index in [0.29, 0.717) is 11.7 Å². The van der Waals surface area contributed by atoms with Crippen molar-refractivity contribution in [3.05, 3.63) is 18.6 Å². The van der Waals surface area contributed by atoms with Gasteiger partial charge in [-0.15, -0.1) is 0 Å². The van der Waals surface area contributed by atoms with E-state index in [1.54, 1.807) is 6.20 Å². The molecule has 116 valence electrons. The maximum Gasteiger partial charge on any atom is 0.180 e. The van der Waals surface area contributed by atoms with Gasteiger partial charge in [0.15, 0.2) is 17.3 Å². The molecule has 21 heavy (non-hydrogen) atoms. The molecule has 2 heterocycles. The second kappa shape index (κ2) is 6.73. The molecule has 0 aromatic carbocycles. The molecule has 2 rings (SSSR count). The highest BCUT2D eigenvalue weighted by Gasteiger charge is 2.16. The van der Waals surface area contributed by atoms with Gasteiger partial charge in [0.1, 0.15) is 0 Å². The number of nitrogens with two attached hydrogens (primary N) is 1. The fourth-order valence-electron chi connectivity index (χ4n) is 2.24. The third-order valence-electron chi connectivity index (χ3n) is 3.21. The van der Waals surface area contributed by atoms with Crippen molar-refractivity contribution in [3.63, 3.8) is 0 Å². The molecule has 2 aromatic heterocycles. The second-order valence-electron chi connectivity index (χ2n) is 5.90. The van der Waals surface area contributed by atoms with Gasteiger partial charge < -0.3 is 19.6 Å². The zero-order valence-electron chi connectivity index (χ0n) is 13.2. The van der Waals surface area contributed by atoms with E-state index in [0.717, 1.165) is 31.1 Å². The maximum absolute atomic E-state index is 5.53. The Morgan fingerprint density at radius 3 is 2.71 bits per heavy atom. The largest absolute Gasteiger partial charge is 0.352 e. The van der Waals surface area contributed by atoms with E-state index in [2.05, 4.69) is 53.1 Å². The molecule has 0 unspecified atom stereocenters. The number of anilines is 2. The summed E-state index contributed by atoms with van der Waals surface area (Å²) in [6, 6.07) is 0. The normalized spacial score (nSPS) is 11.6. The molecule has 7 heteroatoms. The lowest BCUT2D eigenvalue weighted by Gasteiger charge is -2.27. The van der Waals surface area contributed by atoms with Gasteiger partial charge in [0.25, 0.3) is 0 Å². The minimum absolute atomic E-state index is 0.540. The Bertz CT molecular complexity index is 576. The number of nitrogens with zero attached hydrogens (tertiary/aromatic N) is 5. The van der Waals surface area contributed by atoms with Crippen molar-refractivity contribution in [1.82, 2.24) is 19.3 Å². The molecule has 0 amide bonds. The first kappa shape index (κ1) is 15.5. The molecule has 3 N–H and O–H groups in total. The van der Waals surface area contributed by atoms with Crippen LogP contribution in [0.5, 0.6) is 0 Å². The van der Waals surface area contributed by atoms with E-state index in [1.807, 2.05) is 16.8 Å². The third-order valence-corrected chi connectivity index (χ3v) is 3.21. The first-order valence-corrected chi connectivity index (χ1v) is 7.21. The van der Waals surface area contributed by atoms with E-state index in [4.69, 9.17) is 5.84 Å². The van der Waals surface area contributed by atoms with Crippen LogP contribution in [0.3, 0.4) is 0 Å². The van der Waals surface area contributed by atoms with Crippen LogP contribution in [0.2, 0.25) is 0 Å². The van der Waals surface area contributed by atoms with Crippen LogP contribution in [0.25, 0.3) is 5.65 Å². The van der Waals surface area contributed by atoms with E-state index >= 15 is 0 Å². The van der Waals surface area contributed by atoms with Crippen LogP contribution in [0.1, 0.15) is 13.8 Å². The molecule has 0 saturated carbocycles. The van der Waals surface area contributed by atoms with Gasteiger partial charge >= 0.3 is 0 Å². The number of nitrogen functional groups attached to an aromatic ring is 1. The van der Waals surface area contributed by atoms with Gasteiger partial charge in [-0.1, -0.05) is 13.8 Å². The Balaban J connectivity index is 2.39. The Hall–Kier alpha value is -1.86. The van der Waals surface area contributed by atoms with Crippen molar-refractivity contribution in [2.75, 3.05) is 44.1 Å². The quantitative estimate of drug-likeness (QED) is 0.586. The Morgan fingerprint density at radius 1 is 1.33 bits per heavy atom. The summed E-state index contributed by atoms with van der Waals surface area (Å²) in [4.78, 5) is 13.5. The summed E-state index contributed by atoms with van der Waals surface area (Å²) in [6.45, 7) is 7.20. The molecule has 0 aliphatic carbocycles. The zero-order chi connectivity index (χ0) is 15.4. The Morgan fingerprint density at radius 2 is 2.10 bits per heavy atom. The summed E-state index contributed by atoms with van der Waals surface area (Å²) in [5.74, 6) is 7.57. The van der Waals surface area contributed by atoms with Crippen LogP contribution >= 0.6 is 0 Å². The number of likely N-dealkylation sites (N-methyl/N-ethyl adjacent to an activating group) is 1. The fraction of sp³-hybridized carbons (Fsp3) is 0.571. The van der Waals surface area contributed by atoms with Crippen LogP contribution in [-0.2, 0) is 0 Å². The van der Waals surface area contributed by atoms with Gasteiger partial charge in [0.05, 0.1) is 6.20 Å². The fourth-order valence-corrected chi connectivity index (χ4v) is 2.24. The topological polar surface area (TPSA) is 74.7 Å². The summed E-state index contributed by atoms with van der Waals surface area (Å²) in [7, 11) is 4.15. The third kappa shape index (κ3) is 3.83. The van der Waals surface area contributed by atoms with Gasteiger partial charge in [-0.2, -0.15) is 0 Å². The molecule has 0 fully saturated rings. The van der Waals surface area contributed by atoms with Crippen LogP contribution in [0.15, 0.2) is 18.6 Å². The minimum Gasteiger partial charge on any atom is -0.352 e. The predicted molar refractivity (Wildman–Crippen MR) is 86.4 cm³/mol. The first-order chi connectivity index (χ1) is 10.0. The lowest BCUT2D eigenvalue weighted by atomic mass is 10.2. The number of fused-ring (bicyclic) bond motifs is 1. The molecule has 0 spiro atoms. The minimum atomic E-state index is 0.540.